The third-order valence-corrected chi connectivity index (χ3v) is 5.30. The van der Waals surface area contributed by atoms with Crippen LogP contribution in [0.5, 0.6) is 5.75 Å². The lowest BCUT2D eigenvalue weighted by Gasteiger charge is -2.25. The quantitative estimate of drug-likeness (QED) is 0.495. The second-order valence-corrected chi connectivity index (χ2v) is 7.36. The van der Waals surface area contributed by atoms with E-state index >= 15 is 0 Å². The van der Waals surface area contributed by atoms with Crippen molar-refractivity contribution < 1.29 is 19.2 Å². The second kappa shape index (κ2) is 10.5. The number of nitrogens with zero attached hydrogens (tertiary/aromatic N) is 2. The van der Waals surface area contributed by atoms with E-state index < -0.39 is 10.8 Å². The molecular formula is C22H26N4O5. The van der Waals surface area contributed by atoms with E-state index in [4.69, 9.17) is 4.74 Å². The van der Waals surface area contributed by atoms with Crippen LogP contribution in [0.4, 0.5) is 11.4 Å². The summed E-state index contributed by atoms with van der Waals surface area (Å²) < 4.78 is 5.12. The molecule has 0 aromatic heterocycles. The zero-order valence-corrected chi connectivity index (χ0v) is 17.4. The molecular weight excluding hydrogens is 400 g/mol. The Morgan fingerprint density at radius 1 is 1.16 bits per heavy atom. The molecule has 164 valence electrons. The highest BCUT2D eigenvalue weighted by Crippen LogP contribution is 2.29. The molecule has 0 unspecified atom stereocenters. The lowest BCUT2D eigenvalue weighted by Crippen LogP contribution is -2.43. The summed E-state index contributed by atoms with van der Waals surface area (Å²) in [6.45, 7) is 2.03. The summed E-state index contributed by atoms with van der Waals surface area (Å²) in [4.78, 5) is 38.0. The van der Waals surface area contributed by atoms with Crippen LogP contribution in [0, 0.1) is 16.0 Å². The van der Waals surface area contributed by atoms with Gasteiger partial charge in [-0.2, -0.15) is 0 Å². The number of amides is 2. The molecule has 0 bridgehead atoms. The Balaban J connectivity index is 1.82. The highest BCUT2D eigenvalue weighted by molar-refractivity contribution is 6.09. The van der Waals surface area contributed by atoms with Crippen molar-refractivity contribution in [1.82, 2.24) is 10.6 Å². The Morgan fingerprint density at radius 2 is 1.84 bits per heavy atom. The van der Waals surface area contributed by atoms with E-state index in [2.05, 4.69) is 10.6 Å². The fraction of sp³-hybridized carbons (Fsp3) is 0.364. The minimum absolute atomic E-state index is 0.0744. The van der Waals surface area contributed by atoms with Gasteiger partial charge in [-0.05, 0) is 62.2 Å². The Morgan fingerprint density at radius 3 is 2.48 bits per heavy atom. The van der Waals surface area contributed by atoms with Crippen LogP contribution in [-0.4, -0.2) is 50.0 Å². The van der Waals surface area contributed by atoms with Crippen molar-refractivity contribution in [3.05, 3.63) is 64.2 Å². The number of nitro groups is 1. The van der Waals surface area contributed by atoms with Gasteiger partial charge >= 0.3 is 0 Å². The Hall–Kier alpha value is -3.46. The Kier molecular flexibility index (Phi) is 7.55. The first-order valence-corrected chi connectivity index (χ1v) is 10.2. The van der Waals surface area contributed by atoms with Crippen LogP contribution in [-0.2, 0) is 4.79 Å². The lowest BCUT2D eigenvalue weighted by molar-refractivity contribution is -0.384. The zero-order valence-electron chi connectivity index (χ0n) is 17.4. The number of ether oxygens (including phenoxy) is 1. The van der Waals surface area contributed by atoms with Crippen LogP contribution < -0.4 is 20.3 Å². The van der Waals surface area contributed by atoms with E-state index in [1.54, 1.807) is 30.3 Å². The molecule has 2 aromatic rings. The van der Waals surface area contributed by atoms with E-state index in [0.29, 0.717) is 23.8 Å². The minimum Gasteiger partial charge on any atom is -0.497 e. The molecule has 0 spiro atoms. The van der Waals surface area contributed by atoms with E-state index in [9.17, 15) is 19.7 Å². The molecule has 0 atom stereocenters. The number of piperidine rings is 1. The normalized spacial score (nSPS) is 14.0. The van der Waals surface area contributed by atoms with Gasteiger partial charge in [0.1, 0.15) is 18.0 Å². The molecule has 1 heterocycles. The maximum absolute atomic E-state index is 13.2. The predicted octanol–water partition coefficient (Wildman–Crippen LogP) is 2.37. The van der Waals surface area contributed by atoms with Gasteiger partial charge in [0.05, 0.1) is 12.0 Å². The van der Waals surface area contributed by atoms with E-state index in [1.165, 1.54) is 25.3 Å². The smallest absolute Gasteiger partial charge is 0.292 e. The predicted molar refractivity (Wildman–Crippen MR) is 116 cm³/mol. The van der Waals surface area contributed by atoms with E-state index in [-0.39, 0.29) is 23.8 Å². The molecule has 1 fully saturated rings. The van der Waals surface area contributed by atoms with Crippen molar-refractivity contribution >= 4 is 23.2 Å². The summed E-state index contributed by atoms with van der Waals surface area (Å²) >= 11 is 0. The first kappa shape index (κ1) is 22.2. The van der Waals surface area contributed by atoms with Gasteiger partial charge in [-0.25, -0.2) is 0 Å². The van der Waals surface area contributed by atoms with Gasteiger partial charge in [-0.15, -0.1) is 0 Å². The van der Waals surface area contributed by atoms with Gasteiger partial charge < -0.3 is 15.4 Å². The number of carbonyl (C=O) groups is 2. The Bertz CT molecular complexity index is 926. The summed E-state index contributed by atoms with van der Waals surface area (Å²) in [5, 5.41) is 17.7. The van der Waals surface area contributed by atoms with Gasteiger partial charge in [0, 0.05) is 18.2 Å². The molecule has 0 radical (unpaired) electrons. The molecule has 1 aliphatic heterocycles. The number of nitrogens with one attached hydrogen (secondary N) is 2. The number of hydrogen-bond donors (Lipinski definition) is 2. The summed E-state index contributed by atoms with van der Waals surface area (Å²) in [5.74, 6) is 0.0861. The number of hydrogen-bond acceptors (Lipinski definition) is 6. The number of benzene rings is 2. The van der Waals surface area contributed by atoms with Crippen molar-refractivity contribution in [2.75, 3.05) is 38.2 Å². The summed E-state index contributed by atoms with van der Waals surface area (Å²) in [5.41, 5.74) is 0.131. The fourth-order valence-electron chi connectivity index (χ4n) is 3.55. The number of methoxy groups -OCH3 is 1. The van der Waals surface area contributed by atoms with Crippen molar-refractivity contribution in [3.63, 3.8) is 0 Å². The zero-order chi connectivity index (χ0) is 22.2. The van der Waals surface area contributed by atoms with Crippen LogP contribution in [0.25, 0.3) is 0 Å². The van der Waals surface area contributed by atoms with Crippen LogP contribution in [0.15, 0.2) is 48.5 Å². The summed E-state index contributed by atoms with van der Waals surface area (Å²) in [6.07, 6.45) is 1.94. The van der Waals surface area contributed by atoms with Crippen LogP contribution in [0.1, 0.15) is 23.2 Å². The van der Waals surface area contributed by atoms with Gasteiger partial charge in [0.15, 0.2) is 0 Å². The largest absolute Gasteiger partial charge is 0.497 e. The number of anilines is 1. The van der Waals surface area contributed by atoms with E-state index in [1.807, 2.05) is 0 Å². The van der Waals surface area contributed by atoms with Gasteiger partial charge in [-0.1, -0.05) is 12.1 Å². The molecule has 2 N–H and O–H groups in total. The average Bonchev–Trinajstić information content (AvgIpc) is 2.81. The third-order valence-electron chi connectivity index (χ3n) is 5.30. The third kappa shape index (κ3) is 5.79. The molecule has 2 aromatic carbocycles. The standard InChI is InChI=1S/C22H26N4O5/c1-31-18-8-6-17(7-9-18)22(28)25(19-4-2-3-5-20(19)26(29)30)15-21(27)24-14-16-10-12-23-13-11-16/h2-9,16,23H,10-15H2,1H3,(H,24,27). The topological polar surface area (TPSA) is 114 Å². The number of para-hydroxylation sites is 2. The average molecular weight is 426 g/mol. The lowest BCUT2D eigenvalue weighted by atomic mass is 9.98. The van der Waals surface area contributed by atoms with Gasteiger partial charge in [0.25, 0.3) is 11.6 Å². The van der Waals surface area contributed by atoms with E-state index in [0.717, 1.165) is 30.8 Å². The first-order chi connectivity index (χ1) is 15.0. The van der Waals surface area contributed by atoms with Crippen LogP contribution in [0.2, 0.25) is 0 Å². The maximum Gasteiger partial charge on any atom is 0.292 e. The van der Waals surface area contributed by atoms with Gasteiger partial charge in [0.2, 0.25) is 5.91 Å². The monoisotopic (exact) mass is 426 g/mol. The Labute approximate surface area is 180 Å². The highest BCUT2D eigenvalue weighted by atomic mass is 16.6. The van der Waals surface area contributed by atoms with Crippen molar-refractivity contribution in [2.24, 2.45) is 5.92 Å². The first-order valence-electron chi connectivity index (χ1n) is 10.2. The molecule has 31 heavy (non-hydrogen) atoms. The SMILES string of the molecule is COc1ccc(C(=O)N(CC(=O)NCC2CCNCC2)c2ccccc2[N+](=O)[O-])cc1. The molecule has 9 nitrogen and oxygen atoms in total. The molecule has 1 aliphatic rings. The highest BCUT2D eigenvalue weighted by Gasteiger charge is 2.27. The second-order valence-electron chi connectivity index (χ2n) is 7.36. The molecule has 2 amide bonds. The summed E-state index contributed by atoms with van der Waals surface area (Å²) in [6, 6.07) is 12.3. The number of carbonyl (C=O) groups excluding carboxylic acids is 2. The maximum atomic E-state index is 13.2. The van der Waals surface area contributed by atoms with Crippen molar-refractivity contribution in [2.45, 2.75) is 12.8 Å². The van der Waals surface area contributed by atoms with Crippen molar-refractivity contribution in [3.8, 4) is 5.75 Å². The molecule has 1 saturated heterocycles. The number of rotatable bonds is 8. The number of nitro benzene ring substituents is 1. The van der Waals surface area contributed by atoms with Crippen LogP contribution in [0.3, 0.4) is 0 Å². The molecule has 0 aliphatic carbocycles. The molecule has 3 rings (SSSR count). The minimum atomic E-state index is -0.559. The molecule has 9 heteroatoms. The molecule has 0 saturated carbocycles. The van der Waals surface area contributed by atoms with Gasteiger partial charge in [-0.3, -0.25) is 24.6 Å². The van der Waals surface area contributed by atoms with Crippen LogP contribution >= 0.6 is 0 Å². The van der Waals surface area contributed by atoms with Crippen molar-refractivity contribution in [1.29, 1.82) is 0 Å². The summed E-state index contributed by atoms with van der Waals surface area (Å²) in [7, 11) is 1.52. The fourth-order valence-corrected chi connectivity index (χ4v) is 3.55.